The number of nitrogens with zero attached hydrogens (tertiary/aromatic N) is 1. The number of benzene rings is 1. The van der Waals surface area contributed by atoms with Crippen LogP contribution in [0.2, 0.25) is 10.0 Å². The summed E-state index contributed by atoms with van der Waals surface area (Å²) in [5, 5.41) is 4.30. The van der Waals surface area contributed by atoms with Gasteiger partial charge in [-0.05, 0) is 37.1 Å². The van der Waals surface area contributed by atoms with Crippen LogP contribution in [0.5, 0.6) is 0 Å². The maximum absolute atomic E-state index is 5.92. The molecule has 4 nitrogen and oxygen atoms in total. The van der Waals surface area contributed by atoms with Gasteiger partial charge >= 0.3 is 0 Å². The highest BCUT2D eigenvalue weighted by molar-refractivity contribution is 6.34. The van der Waals surface area contributed by atoms with E-state index in [0.717, 1.165) is 12.0 Å². The van der Waals surface area contributed by atoms with E-state index in [4.69, 9.17) is 33.7 Å². The molecule has 6 heteroatoms. The molecule has 1 unspecified atom stereocenters. The van der Waals surface area contributed by atoms with Crippen LogP contribution in [0.1, 0.15) is 12.5 Å². The normalized spacial score (nSPS) is 13.4. The van der Waals surface area contributed by atoms with Crippen molar-refractivity contribution in [3.63, 3.8) is 0 Å². The Morgan fingerprint density at radius 1 is 1.37 bits per heavy atom. The SMILES string of the molecule is COCC(C)NC(N)=NCCc1cc(Cl)cc(Cl)c1. The maximum Gasteiger partial charge on any atom is 0.188 e. The number of hydrogen-bond acceptors (Lipinski definition) is 2. The van der Waals surface area contributed by atoms with E-state index in [1.165, 1.54) is 0 Å². The number of methoxy groups -OCH3 is 1. The summed E-state index contributed by atoms with van der Waals surface area (Å²) in [6.07, 6.45) is 0.737. The smallest absolute Gasteiger partial charge is 0.188 e. The largest absolute Gasteiger partial charge is 0.383 e. The zero-order chi connectivity index (χ0) is 14.3. The van der Waals surface area contributed by atoms with Gasteiger partial charge in [-0.3, -0.25) is 4.99 Å². The first-order chi connectivity index (χ1) is 9.01. The molecule has 0 saturated heterocycles. The Morgan fingerprint density at radius 3 is 2.58 bits per heavy atom. The first-order valence-corrected chi connectivity index (χ1v) is 6.77. The molecule has 0 spiro atoms. The van der Waals surface area contributed by atoms with E-state index in [1.54, 1.807) is 13.2 Å². The summed E-state index contributed by atoms with van der Waals surface area (Å²) in [5.41, 5.74) is 6.80. The fraction of sp³-hybridized carbons (Fsp3) is 0.462. The van der Waals surface area contributed by atoms with Gasteiger partial charge in [0, 0.05) is 29.7 Å². The highest BCUT2D eigenvalue weighted by atomic mass is 35.5. The van der Waals surface area contributed by atoms with E-state index in [2.05, 4.69) is 10.3 Å². The average Bonchev–Trinajstić information content (AvgIpc) is 2.27. The zero-order valence-corrected chi connectivity index (χ0v) is 12.6. The van der Waals surface area contributed by atoms with Crippen molar-refractivity contribution in [3.8, 4) is 0 Å². The molecule has 0 bridgehead atoms. The zero-order valence-electron chi connectivity index (χ0n) is 11.1. The molecule has 1 aromatic rings. The van der Waals surface area contributed by atoms with Crippen LogP contribution in [0.3, 0.4) is 0 Å². The Hall–Kier alpha value is -0.970. The fourth-order valence-corrected chi connectivity index (χ4v) is 2.22. The molecule has 0 radical (unpaired) electrons. The molecule has 0 aliphatic rings. The molecule has 1 atom stereocenters. The van der Waals surface area contributed by atoms with Gasteiger partial charge in [-0.15, -0.1) is 0 Å². The second kappa shape index (κ2) is 8.25. The third-order valence-corrected chi connectivity index (χ3v) is 2.85. The Balaban J connectivity index is 2.43. The summed E-state index contributed by atoms with van der Waals surface area (Å²) in [5.74, 6) is 0.415. The average molecular weight is 304 g/mol. The van der Waals surface area contributed by atoms with Crippen LogP contribution in [-0.4, -0.2) is 32.3 Å². The van der Waals surface area contributed by atoms with E-state index in [-0.39, 0.29) is 6.04 Å². The lowest BCUT2D eigenvalue weighted by atomic mass is 10.1. The minimum absolute atomic E-state index is 0.134. The number of nitrogens with two attached hydrogens (primary N) is 1. The molecule has 0 amide bonds. The molecule has 0 saturated carbocycles. The molecule has 19 heavy (non-hydrogen) atoms. The van der Waals surface area contributed by atoms with Crippen molar-refractivity contribution in [1.82, 2.24) is 5.32 Å². The summed E-state index contributed by atoms with van der Waals surface area (Å²) in [6, 6.07) is 5.59. The number of aliphatic imine (C=N–C) groups is 1. The number of guanidine groups is 1. The highest BCUT2D eigenvalue weighted by Gasteiger charge is 2.02. The molecule has 0 aromatic heterocycles. The van der Waals surface area contributed by atoms with E-state index < -0.39 is 0 Å². The molecule has 0 aliphatic heterocycles. The molecule has 106 valence electrons. The van der Waals surface area contributed by atoms with E-state index in [1.807, 2.05) is 19.1 Å². The van der Waals surface area contributed by atoms with Crippen molar-refractivity contribution in [1.29, 1.82) is 0 Å². The third-order valence-electron chi connectivity index (χ3n) is 2.42. The molecule has 1 rings (SSSR count). The fourth-order valence-electron chi connectivity index (χ4n) is 1.65. The summed E-state index contributed by atoms with van der Waals surface area (Å²) in [7, 11) is 1.65. The Kier molecular flexibility index (Phi) is 6.99. The van der Waals surface area contributed by atoms with Gasteiger partial charge in [-0.2, -0.15) is 0 Å². The number of rotatable bonds is 6. The Bertz CT molecular complexity index is 418. The van der Waals surface area contributed by atoms with E-state index in [0.29, 0.717) is 29.2 Å². The maximum atomic E-state index is 5.92. The summed E-state index contributed by atoms with van der Waals surface area (Å²) in [6.45, 7) is 3.14. The molecule has 3 N–H and O–H groups in total. The predicted molar refractivity (Wildman–Crippen MR) is 81.1 cm³/mol. The summed E-state index contributed by atoms with van der Waals surface area (Å²) >= 11 is 11.8. The van der Waals surface area contributed by atoms with Crippen molar-refractivity contribution >= 4 is 29.2 Å². The minimum Gasteiger partial charge on any atom is -0.383 e. The molecule has 1 aromatic carbocycles. The predicted octanol–water partition coefficient (Wildman–Crippen LogP) is 2.48. The second-order valence-corrected chi connectivity index (χ2v) is 5.17. The lowest BCUT2D eigenvalue weighted by Gasteiger charge is -2.13. The molecular weight excluding hydrogens is 285 g/mol. The quantitative estimate of drug-likeness (QED) is 0.627. The van der Waals surface area contributed by atoms with Crippen molar-refractivity contribution in [2.24, 2.45) is 10.7 Å². The number of ether oxygens (including phenoxy) is 1. The van der Waals surface area contributed by atoms with Gasteiger partial charge in [0.25, 0.3) is 0 Å². The van der Waals surface area contributed by atoms with Gasteiger partial charge < -0.3 is 15.8 Å². The van der Waals surface area contributed by atoms with Gasteiger partial charge in [-0.1, -0.05) is 23.2 Å². The summed E-state index contributed by atoms with van der Waals surface area (Å²) < 4.78 is 5.00. The monoisotopic (exact) mass is 303 g/mol. The van der Waals surface area contributed by atoms with E-state index >= 15 is 0 Å². The highest BCUT2D eigenvalue weighted by Crippen LogP contribution is 2.19. The first-order valence-electron chi connectivity index (χ1n) is 6.01. The Labute approximate surface area is 123 Å². The standard InChI is InChI=1S/C13H19Cl2N3O/c1-9(8-19-2)18-13(16)17-4-3-10-5-11(14)7-12(15)6-10/h5-7,9H,3-4,8H2,1-2H3,(H3,16,17,18). The summed E-state index contributed by atoms with van der Waals surface area (Å²) in [4.78, 5) is 4.24. The van der Waals surface area contributed by atoms with Crippen molar-refractivity contribution in [2.45, 2.75) is 19.4 Å². The second-order valence-electron chi connectivity index (χ2n) is 4.30. The molecule has 0 aliphatic carbocycles. The van der Waals surface area contributed by atoms with Crippen LogP contribution >= 0.6 is 23.2 Å². The van der Waals surface area contributed by atoms with Crippen molar-refractivity contribution in [2.75, 3.05) is 20.3 Å². The van der Waals surface area contributed by atoms with E-state index in [9.17, 15) is 0 Å². The number of halogens is 2. The number of hydrogen-bond donors (Lipinski definition) is 2. The van der Waals surface area contributed by atoms with Crippen LogP contribution in [0, 0.1) is 0 Å². The molecular formula is C13H19Cl2N3O. The van der Waals surface area contributed by atoms with Gasteiger partial charge in [0.1, 0.15) is 0 Å². The topological polar surface area (TPSA) is 59.6 Å². The van der Waals surface area contributed by atoms with Gasteiger partial charge in [0.15, 0.2) is 5.96 Å². The third kappa shape index (κ3) is 6.66. The van der Waals surface area contributed by atoms with Crippen molar-refractivity contribution in [3.05, 3.63) is 33.8 Å². The Morgan fingerprint density at radius 2 is 2.00 bits per heavy atom. The van der Waals surface area contributed by atoms with Crippen molar-refractivity contribution < 1.29 is 4.74 Å². The van der Waals surface area contributed by atoms with Gasteiger partial charge in [-0.25, -0.2) is 0 Å². The number of nitrogens with one attached hydrogen (secondary N) is 1. The first kappa shape index (κ1) is 16.1. The van der Waals surface area contributed by atoms with Crippen LogP contribution < -0.4 is 11.1 Å². The molecule has 0 fully saturated rings. The molecule has 0 heterocycles. The van der Waals surface area contributed by atoms with Gasteiger partial charge in [0.2, 0.25) is 0 Å². The van der Waals surface area contributed by atoms with Crippen LogP contribution in [0.25, 0.3) is 0 Å². The minimum atomic E-state index is 0.134. The van der Waals surface area contributed by atoms with Crippen LogP contribution in [0.15, 0.2) is 23.2 Å². The van der Waals surface area contributed by atoms with Crippen LogP contribution in [0.4, 0.5) is 0 Å². The van der Waals surface area contributed by atoms with Gasteiger partial charge in [0.05, 0.1) is 6.61 Å². The lowest BCUT2D eigenvalue weighted by Crippen LogP contribution is -2.40. The lowest BCUT2D eigenvalue weighted by molar-refractivity contribution is 0.179. The van der Waals surface area contributed by atoms with Crippen LogP contribution in [-0.2, 0) is 11.2 Å².